The molecule has 0 radical (unpaired) electrons. The summed E-state index contributed by atoms with van der Waals surface area (Å²) in [5.74, 6) is 1.52. The van der Waals surface area contributed by atoms with Crippen LogP contribution in [0.5, 0.6) is 0 Å². The zero-order chi connectivity index (χ0) is 14.2. The van der Waals surface area contributed by atoms with Crippen LogP contribution in [-0.4, -0.2) is 28.9 Å². The molecule has 108 valence electrons. The first-order valence-corrected chi connectivity index (χ1v) is 7.85. The van der Waals surface area contributed by atoms with Crippen molar-refractivity contribution in [3.05, 3.63) is 0 Å². The smallest absolute Gasteiger partial charge is 0.235 e. The Labute approximate surface area is 121 Å². The highest BCUT2D eigenvalue weighted by atomic mass is 32.1. The molecule has 2 fully saturated rings. The molecular formula is C15H26N2OS. The SMILES string of the molecule is CC1CCC(N(C)C(=O)C2(C(N)=S)CC(C)C2)CC1. The van der Waals surface area contributed by atoms with E-state index in [1.54, 1.807) is 0 Å². The lowest BCUT2D eigenvalue weighted by molar-refractivity contribution is -0.145. The number of carbonyl (C=O) groups excluding carboxylic acids is 1. The molecule has 1 amide bonds. The van der Waals surface area contributed by atoms with Crippen LogP contribution in [0.2, 0.25) is 0 Å². The van der Waals surface area contributed by atoms with Gasteiger partial charge in [0.1, 0.15) is 0 Å². The van der Waals surface area contributed by atoms with Crippen LogP contribution in [0.3, 0.4) is 0 Å². The fourth-order valence-electron chi connectivity index (χ4n) is 3.74. The maximum Gasteiger partial charge on any atom is 0.235 e. The van der Waals surface area contributed by atoms with E-state index < -0.39 is 5.41 Å². The molecule has 3 nitrogen and oxygen atoms in total. The number of carbonyl (C=O) groups is 1. The molecule has 0 heterocycles. The Hall–Kier alpha value is -0.640. The molecule has 2 saturated carbocycles. The van der Waals surface area contributed by atoms with E-state index in [-0.39, 0.29) is 5.91 Å². The number of hydrogen-bond acceptors (Lipinski definition) is 2. The van der Waals surface area contributed by atoms with Crippen molar-refractivity contribution in [2.24, 2.45) is 23.0 Å². The van der Waals surface area contributed by atoms with E-state index in [1.165, 1.54) is 12.8 Å². The van der Waals surface area contributed by atoms with Gasteiger partial charge in [0.05, 0.1) is 10.4 Å². The highest BCUT2D eigenvalue weighted by molar-refractivity contribution is 7.80. The van der Waals surface area contributed by atoms with Gasteiger partial charge >= 0.3 is 0 Å². The Morgan fingerprint density at radius 3 is 2.11 bits per heavy atom. The van der Waals surface area contributed by atoms with Crippen molar-refractivity contribution in [3.63, 3.8) is 0 Å². The van der Waals surface area contributed by atoms with Crippen molar-refractivity contribution in [2.45, 2.75) is 58.4 Å². The van der Waals surface area contributed by atoms with Gasteiger partial charge in [0.2, 0.25) is 5.91 Å². The zero-order valence-corrected chi connectivity index (χ0v) is 13.1. The summed E-state index contributed by atoms with van der Waals surface area (Å²) < 4.78 is 0. The Morgan fingerprint density at radius 1 is 1.16 bits per heavy atom. The Bertz CT molecular complexity index is 368. The fourth-order valence-corrected chi connectivity index (χ4v) is 4.00. The third kappa shape index (κ3) is 2.64. The summed E-state index contributed by atoms with van der Waals surface area (Å²) in [5.41, 5.74) is 5.33. The number of nitrogens with zero attached hydrogens (tertiary/aromatic N) is 1. The number of hydrogen-bond donors (Lipinski definition) is 1. The third-order valence-electron chi connectivity index (χ3n) is 5.13. The molecule has 0 spiro atoms. The lowest BCUT2D eigenvalue weighted by Gasteiger charge is -2.48. The van der Waals surface area contributed by atoms with Gasteiger partial charge in [0.25, 0.3) is 0 Å². The van der Waals surface area contributed by atoms with Crippen molar-refractivity contribution in [3.8, 4) is 0 Å². The van der Waals surface area contributed by atoms with Crippen LogP contribution in [-0.2, 0) is 4.79 Å². The molecule has 0 aromatic carbocycles. The van der Waals surface area contributed by atoms with Gasteiger partial charge in [-0.2, -0.15) is 0 Å². The van der Waals surface area contributed by atoms with Crippen LogP contribution in [0, 0.1) is 17.3 Å². The first-order chi connectivity index (χ1) is 8.86. The zero-order valence-electron chi connectivity index (χ0n) is 12.3. The molecule has 0 bridgehead atoms. The minimum absolute atomic E-state index is 0.164. The standard InChI is InChI=1S/C15H26N2OS/c1-10-4-6-12(7-5-10)17(3)14(18)15(13(16)19)8-11(2)9-15/h10-12H,4-9H2,1-3H3,(H2,16,19). The average molecular weight is 282 g/mol. The summed E-state index contributed by atoms with van der Waals surface area (Å²) in [6, 6.07) is 0.380. The molecule has 2 aliphatic rings. The first-order valence-electron chi connectivity index (χ1n) is 7.44. The quantitative estimate of drug-likeness (QED) is 0.810. The van der Waals surface area contributed by atoms with Crippen LogP contribution >= 0.6 is 12.2 Å². The second kappa shape index (κ2) is 5.39. The van der Waals surface area contributed by atoms with Crippen LogP contribution in [0.1, 0.15) is 52.4 Å². The number of thiocarbonyl (C=S) groups is 1. The molecule has 0 atom stereocenters. The first kappa shape index (κ1) is 14.8. The second-order valence-electron chi connectivity index (χ2n) is 6.79. The molecule has 0 aromatic heterocycles. The topological polar surface area (TPSA) is 46.3 Å². The van der Waals surface area contributed by atoms with Crippen molar-refractivity contribution < 1.29 is 4.79 Å². The highest BCUT2D eigenvalue weighted by Crippen LogP contribution is 2.47. The van der Waals surface area contributed by atoms with Gasteiger partial charge in [0, 0.05) is 13.1 Å². The summed E-state index contributed by atoms with van der Waals surface area (Å²) in [7, 11) is 1.94. The molecule has 4 heteroatoms. The third-order valence-corrected chi connectivity index (χ3v) is 5.52. The minimum Gasteiger partial charge on any atom is -0.392 e. The molecule has 2 aliphatic carbocycles. The van der Waals surface area contributed by atoms with Gasteiger partial charge in [-0.15, -0.1) is 0 Å². The van der Waals surface area contributed by atoms with E-state index in [9.17, 15) is 4.79 Å². The number of rotatable bonds is 3. The Morgan fingerprint density at radius 2 is 1.68 bits per heavy atom. The summed E-state index contributed by atoms with van der Waals surface area (Å²) >= 11 is 5.18. The van der Waals surface area contributed by atoms with Crippen molar-refractivity contribution >= 4 is 23.1 Å². The summed E-state index contributed by atoms with van der Waals surface area (Å²) in [6.45, 7) is 4.45. The molecule has 0 saturated heterocycles. The molecule has 0 aliphatic heterocycles. The maximum atomic E-state index is 12.8. The van der Waals surface area contributed by atoms with Gasteiger partial charge in [0.15, 0.2) is 0 Å². The number of amides is 1. The lowest BCUT2D eigenvalue weighted by atomic mass is 9.61. The van der Waals surface area contributed by atoms with Gasteiger partial charge in [-0.05, 0) is 50.4 Å². The Balaban J connectivity index is 2.04. The fraction of sp³-hybridized carbons (Fsp3) is 0.867. The highest BCUT2D eigenvalue weighted by Gasteiger charge is 2.52. The van der Waals surface area contributed by atoms with E-state index >= 15 is 0 Å². The predicted octanol–water partition coefficient (Wildman–Crippen LogP) is 2.73. The van der Waals surface area contributed by atoms with E-state index in [1.807, 2.05) is 11.9 Å². The van der Waals surface area contributed by atoms with Gasteiger partial charge in [-0.25, -0.2) is 0 Å². The molecular weight excluding hydrogens is 256 g/mol. The normalized spacial score (nSPS) is 38.4. The van der Waals surface area contributed by atoms with Crippen molar-refractivity contribution in [1.29, 1.82) is 0 Å². The van der Waals surface area contributed by atoms with Crippen molar-refractivity contribution in [2.75, 3.05) is 7.05 Å². The van der Waals surface area contributed by atoms with Crippen LogP contribution in [0.25, 0.3) is 0 Å². The summed E-state index contributed by atoms with van der Waals surface area (Å²) in [5, 5.41) is 0. The second-order valence-corrected chi connectivity index (χ2v) is 7.23. The predicted molar refractivity (Wildman–Crippen MR) is 81.8 cm³/mol. The van der Waals surface area contributed by atoms with Crippen molar-refractivity contribution in [1.82, 2.24) is 4.90 Å². The number of nitrogens with two attached hydrogens (primary N) is 1. The van der Waals surface area contributed by atoms with E-state index in [2.05, 4.69) is 13.8 Å². The van der Waals surface area contributed by atoms with E-state index in [0.29, 0.717) is 16.9 Å². The average Bonchev–Trinajstić information content (AvgIpc) is 2.33. The summed E-state index contributed by atoms with van der Waals surface area (Å²) in [4.78, 5) is 15.1. The largest absolute Gasteiger partial charge is 0.392 e. The molecule has 0 unspecified atom stereocenters. The van der Waals surface area contributed by atoms with Crippen LogP contribution in [0.4, 0.5) is 0 Å². The molecule has 0 aromatic rings. The van der Waals surface area contributed by atoms with Gasteiger partial charge < -0.3 is 10.6 Å². The monoisotopic (exact) mass is 282 g/mol. The minimum atomic E-state index is -0.535. The summed E-state index contributed by atoms with van der Waals surface area (Å²) in [6.07, 6.45) is 6.33. The maximum absolute atomic E-state index is 12.8. The van der Waals surface area contributed by atoms with Crippen LogP contribution in [0.15, 0.2) is 0 Å². The van der Waals surface area contributed by atoms with Crippen LogP contribution < -0.4 is 5.73 Å². The van der Waals surface area contributed by atoms with Gasteiger partial charge in [-0.1, -0.05) is 26.1 Å². The Kier molecular flexibility index (Phi) is 4.19. The molecule has 2 rings (SSSR count). The molecule has 2 N–H and O–H groups in total. The lowest BCUT2D eigenvalue weighted by Crippen LogP contribution is -2.58. The van der Waals surface area contributed by atoms with Gasteiger partial charge in [-0.3, -0.25) is 4.79 Å². The van der Waals surface area contributed by atoms with E-state index in [0.717, 1.165) is 31.6 Å². The molecule has 19 heavy (non-hydrogen) atoms. The van der Waals surface area contributed by atoms with E-state index in [4.69, 9.17) is 18.0 Å².